The zero-order chi connectivity index (χ0) is 17.2. The summed E-state index contributed by atoms with van der Waals surface area (Å²) in [6.07, 6.45) is 2.85. The molecule has 0 aliphatic carbocycles. The average molecular weight is 344 g/mol. The van der Waals surface area contributed by atoms with Gasteiger partial charge in [0.05, 0.1) is 7.11 Å². The van der Waals surface area contributed by atoms with Crippen LogP contribution in [-0.2, 0) is 17.0 Å². The van der Waals surface area contributed by atoms with E-state index in [1.165, 1.54) is 5.56 Å². The van der Waals surface area contributed by atoms with E-state index in [0.717, 1.165) is 35.7 Å². The average Bonchev–Trinajstić information content (AvgIpc) is 2.60. The molecular formula is C20H24O3S. The number of hydrogen-bond donors (Lipinski definition) is 1. The maximum atomic E-state index is 11.9. The number of rotatable bonds is 10. The molecule has 2 rings (SSSR count). The Morgan fingerprint density at radius 1 is 1.08 bits per heavy atom. The Morgan fingerprint density at radius 2 is 1.83 bits per heavy atom. The Balaban J connectivity index is 1.57. The maximum absolute atomic E-state index is 11.9. The molecule has 2 aromatic rings. The van der Waals surface area contributed by atoms with Gasteiger partial charge in [0.2, 0.25) is 0 Å². The Bertz CT molecular complexity index is 638. The van der Waals surface area contributed by atoms with E-state index in [-0.39, 0.29) is 11.5 Å². The maximum Gasteiger partial charge on any atom is 0.137 e. The largest absolute Gasteiger partial charge is 0.508 e. The van der Waals surface area contributed by atoms with Crippen molar-refractivity contribution in [3.8, 4) is 11.5 Å². The molecule has 0 atom stereocenters. The minimum absolute atomic E-state index is 0.191. The number of phenolic OH excluding ortho intramolecular Hbond substituents is 1. The number of methoxy groups -OCH3 is 1. The number of thioether (sulfide) groups is 1. The molecule has 4 heteroatoms. The van der Waals surface area contributed by atoms with Crippen LogP contribution in [0, 0.1) is 0 Å². The molecule has 0 aliphatic heterocycles. The first-order chi connectivity index (χ1) is 11.7. The molecule has 3 nitrogen and oxygen atoms in total. The summed E-state index contributed by atoms with van der Waals surface area (Å²) >= 11 is 1.89. The third kappa shape index (κ3) is 6.28. The first-order valence-electron chi connectivity index (χ1n) is 8.18. The van der Waals surface area contributed by atoms with Gasteiger partial charge in [-0.05, 0) is 42.4 Å². The van der Waals surface area contributed by atoms with Crippen LogP contribution in [0.4, 0.5) is 0 Å². The number of ether oxygens (including phenoxy) is 1. The highest BCUT2D eigenvalue weighted by Gasteiger charge is 2.07. The van der Waals surface area contributed by atoms with E-state index in [1.807, 2.05) is 30.0 Å². The number of carbonyl (C=O) groups is 1. The first-order valence-corrected chi connectivity index (χ1v) is 9.34. The SMILES string of the molecule is COc1ccc(CSCCCCC(=O)Cc2ccccc2O)cc1. The zero-order valence-corrected chi connectivity index (χ0v) is 14.8. The lowest BCUT2D eigenvalue weighted by atomic mass is 10.0. The first kappa shape index (κ1) is 18.4. The van der Waals surface area contributed by atoms with Crippen molar-refractivity contribution in [2.75, 3.05) is 12.9 Å². The number of phenols is 1. The predicted molar refractivity (Wildman–Crippen MR) is 99.8 cm³/mol. The van der Waals surface area contributed by atoms with Crippen molar-refractivity contribution in [2.45, 2.75) is 31.4 Å². The Kier molecular flexibility index (Phi) is 7.69. The minimum Gasteiger partial charge on any atom is -0.508 e. The number of unbranched alkanes of at least 4 members (excludes halogenated alkanes) is 1. The van der Waals surface area contributed by atoms with E-state index >= 15 is 0 Å². The highest BCUT2D eigenvalue weighted by atomic mass is 32.2. The summed E-state index contributed by atoms with van der Waals surface area (Å²) in [6, 6.07) is 15.2. The van der Waals surface area contributed by atoms with Crippen LogP contribution in [0.15, 0.2) is 48.5 Å². The van der Waals surface area contributed by atoms with Gasteiger partial charge in [-0.1, -0.05) is 30.3 Å². The Hall–Kier alpha value is -1.94. The molecule has 0 amide bonds. The number of aromatic hydroxyl groups is 1. The van der Waals surface area contributed by atoms with Crippen molar-refractivity contribution < 1.29 is 14.6 Å². The van der Waals surface area contributed by atoms with Crippen LogP contribution >= 0.6 is 11.8 Å². The molecule has 0 saturated carbocycles. The van der Waals surface area contributed by atoms with Crippen molar-refractivity contribution in [1.29, 1.82) is 0 Å². The number of Topliss-reactive ketones (excluding diaryl/α,β-unsaturated/α-hetero) is 1. The van der Waals surface area contributed by atoms with Gasteiger partial charge in [0.15, 0.2) is 0 Å². The van der Waals surface area contributed by atoms with E-state index in [1.54, 1.807) is 25.3 Å². The van der Waals surface area contributed by atoms with Crippen LogP contribution in [-0.4, -0.2) is 23.8 Å². The third-order valence-electron chi connectivity index (χ3n) is 3.80. The minimum atomic E-state index is 0.191. The second-order valence-electron chi connectivity index (χ2n) is 5.70. The number of para-hydroxylation sites is 1. The number of carbonyl (C=O) groups excluding carboxylic acids is 1. The van der Waals surface area contributed by atoms with E-state index in [2.05, 4.69) is 12.1 Å². The molecular weight excluding hydrogens is 320 g/mol. The molecule has 0 bridgehead atoms. The fourth-order valence-corrected chi connectivity index (χ4v) is 3.38. The summed E-state index contributed by atoms with van der Waals surface area (Å²) in [4.78, 5) is 11.9. The lowest BCUT2D eigenvalue weighted by Crippen LogP contribution is -2.03. The summed E-state index contributed by atoms with van der Waals surface area (Å²) in [6.45, 7) is 0. The van der Waals surface area contributed by atoms with Crippen LogP contribution in [0.3, 0.4) is 0 Å². The van der Waals surface area contributed by atoms with E-state index in [4.69, 9.17) is 4.74 Å². The molecule has 0 saturated heterocycles. The molecule has 0 fully saturated rings. The van der Waals surface area contributed by atoms with Crippen molar-refractivity contribution in [2.24, 2.45) is 0 Å². The van der Waals surface area contributed by atoms with Gasteiger partial charge in [-0.15, -0.1) is 0 Å². The summed E-state index contributed by atoms with van der Waals surface area (Å²) in [5, 5.41) is 9.68. The van der Waals surface area contributed by atoms with E-state index < -0.39 is 0 Å². The van der Waals surface area contributed by atoms with Gasteiger partial charge in [-0.25, -0.2) is 0 Å². The topological polar surface area (TPSA) is 46.5 Å². The smallest absolute Gasteiger partial charge is 0.137 e. The van der Waals surface area contributed by atoms with Gasteiger partial charge in [0.25, 0.3) is 0 Å². The molecule has 0 radical (unpaired) electrons. The summed E-state index contributed by atoms with van der Waals surface area (Å²) < 4.78 is 5.14. The van der Waals surface area contributed by atoms with Gasteiger partial charge in [0.1, 0.15) is 17.3 Å². The van der Waals surface area contributed by atoms with Crippen LogP contribution in [0.2, 0.25) is 0 Å². The standard InChI is InChI=1S/C20H24O3S/c1-23-19-11-9-16(10-12-19)15-24-13-5-4-7-18(21)14-17-6-2-3-8-20(17)22/h2-3,6,8-12,22H,4-5,7,13-15H2,1H3. The second-order valence-corrected chi connectivity index (χ2v) is 6.81. The van der Waals surface area contributed by atoms with Crippen LogP contribution in [0.25, 0.3) is 0 Å². The van der Waals surface area contributed by atoms with Gasteiger partial charge in [0, 0.05) is 24.2 Å². The lowest BCUT2D eigenvalue weighted by Gasteiger charge is -2.05. The fraction of sp³-hybridized carbons (Fsp3) is 0.350. The zero-order valence-electron chi connectivity index (χ0n) is 14.0. The predicted octanol–water partition coefficient (Wildman–Crippen LogP) is 4.62. The second kappa shape index (κ2) is 10.0. The molecule has 0 aliphatic rings. The van der Waals surface area contributed by atoms with Crippen LogP contribution in [0.5, 0.6) is 11.5 Å². The molecule has 0 unspecified atom stereocenters. The lowest BCUT2D eigenvalue weighted by molar-refractivity contribution is -0.118. The number of benzene rings is 2. The highest BCUT2D eigenvalue weighted by molar-refractivity contribution is 7.98. The van der Waals surface area contributed by atoms with Crippen LogP contribution < -0.4 is 4.74 Å². The fourth-order valence-electron chi connectivity index (χ4n) is 2.40. The Morgan fingerprint density at radius 3 is 2.54 bits per heavy atom. The molecule has 0 heterocycles. The van der Waals surface area contributed by atoms with Crippen LogP contribution in [0.1, 0.15) is 30.4 Å². The normalized spacial score (nSPS) is 10.5. The molecule has 2 aromatic carbocycles. The van der Waals surface area contributed by atoms with Crippen molar-refractivity contribution >= 4 is 17.5 Å². The summed E-state index contributed by atoms with van der Waals surface area (Å²) in [5.41, 5.74) is 2.01. The number of ketones is 1. The van der Waals surface area contributed by atoms with Gasteiger partial charge in [-0.3, -0.25) is 4.79 Å². The molecule has 0 spiro atoms. The van der Waals surface area contributed by atoms with Gasteiger partial charge < -0.3 is 9.84 Å². The third-order valence-corrected chi connectivity index (χ3v) is 4.92. The van der Waals surface area contributed by atoms with Gasteiger partial charge in [-0.2, -0.15) is 11.8 Å². The van der Waals surface area contributed by atoms with Crippen molar-refractivity contribution in [3.63, 3.8) is 0 Å². The number of hydrogen-bond acceptors (Lipinski definition) is 4. The molecule has 128 valence electrons. The molecule has 0 aromatic heterocycles. The van der Waals surface area contributed by atoms with Crippen molar-refractivity contribution in [1.82, 2.24) is 0 Å². The van der Waals surface area contributed by atoms with E-state index in [0.29, 0.717) is 12.8 Å². The van der Waals surface area contributed by atoms with Crippen molar-refractivity contribution in [3.05, 3.63) is 59.7 Å². The van der Waals surface area contributed by atoms with Gasteiger partial charge >= 0.3 is 0 Å². The van der Waals surface area contributed by atoms with E-state index in [9.17, 15) is 9.90 Å². The summed E-state index contributed by atoms with van der Waals surface area (Å²) in [5.74, 6) is 3.32. The quantitative estimate of drug-likeness (QED) is 0.639. The molecule has 1 N–H and O–H groups in total. The highest BCUT2D eigenvalue weighted by Crippen LogP contribution is 2.19. The monoisotopic (exact) mass is 344 g/mol. The Labute approximate surface area is 148 Å². The molecule has 24 heavy (non-hydrogen) atoms. The summed E-state index contributed by atoms with van der Waals surface area (Å²) in [7, 11) is 1.67.